The molecule has 1 fully saturated rings. The first-order valence-corrected chi connectivity index (χ1v) is 13.8. The van der Waals surface area contributed by atoms with Crippen LogP contribution in [0.15, 0.2) is 53.3 Å². The molecule has 1 aliphatic rings. The Balaban J connectivity index is 1.47. The number of fused-ring (bicyclic) bond motifs is 1. The van der Waals surface area contributed by atoms with Crippen molar-refractivity contribution in [2.75, 3.05) is 27.4 Å². The van der Waals surface area contributed by atoms with Crippen LogP contribution in [0.1, 0.15) is 35.0 Å². The molecule has 5 rings (SSSR count). The number of ether oxygens (including phenoxy) is 4. The number of rotatable bonds is 9. The van der Waals surface area contributed by atoms with E-state index in [0.717, 1.165) is 21.5 Å². The molecule has 2 aromatic heterocycles. The molecule has 222 valence electrons. The smallest absolute Gasteiger partial charge is 0.422 e. The van der Waals surface area contributed by atoms with Crippen molar-refractivity contribution < 1.29 is 36.9 Å². The zero-order valence-corrected chi connectivity index (χ0v) is 23.5. The van der Waals surface area contributed by atoms with Gasteiger partial charge < -0.3 is 18.9 Å². The monoisotopic (exact) mass is 604 g/mol. The first-order valence-electron chi connectivity index (χ1n) is 13.0. The van der Waals surface area contributed by atoms with Crippen LogP contribution in [-0.4, -0.2) is 59.1 Å². The van der Waals surface area contributed by atoms with Crippen LogP contribution in [0.25, 0.3) is 10.3 Å². The van der Waals surface area contributed by atoms with Crippen molar-refractivity contribution in [3.05, 3.63) is 75.0 Å². The van der Waals surface area contributed by atoms with E-state index in [4.69, 9.17) is 18.9 Å². The normalized spacial score (nSPS) is 15.2. The van der Waals surface area contributed by atoms with Crippen LogP contribution < -0.4 is 19.8 Å². The predicted molar refractivity (Wildman–Crippen MR) is 147 cm³/mol. The number of likely N-dealkylation sites (tertiary alicyclic amines) is 1. The summed E-state index contributed by atoms with van der Waals surface area (Å²) in [5, 5.41) is 0.435. The maximum absolute atomic E-state index is 13.6. The fourth-order valence-corrected chi connectivity index (χ4v) is 5.71. The van der Waals surface area contributed by atoms with Gasteiger partial charge in [0.1, 0.15) is 23.1 Å². The van der Waals surface area contributed by atoms with Crippen LogP contribution in [0.5, 0.6) is 17.5 Å². The molecule has 10 nitrogen and oxygen atoms in total. The van der Waals surface area contributed by atoms with Crippen LogP contribution >= 0.6 is 11.3 Å². The summed E-state index contributed by atoms with van der Waals surface area (Å²) in [6.07, 6.45) is -3.91. The topological polar surface area (TPSA) is 105 Å². The Labute approximate surface area is 242 Å². The molecule has 0 bridgehead atoms. The van der Waals surface area contributed by atoms with E-state index in [9.17, 15) is 22.8 Å². The number of alkyl halides is 3. The van der Waals surface area contributed by atoms with Crippen molar-refractivity contribution >= 4 is 27.8 Å². The number of amides is 1. The predicted octanol–water partition coefficient (Wildman–Crippen LogP) is 5.33. The lowest BCUT2D eigenvalue weighted by molar-refractivity contribution is -0.155. The van der Waals surface area contributed by atoms with Crippen molar-refractivity contribution in [2.24, 2.45) is 0 Å². The largest absolute Gasteiger partial charge is 0.497 e. The van der Waals surface area contributed by atoms with Gasteiger partial charge in [-0.2, -0.15) is 18.2 Å². The minimum atomic E-state index is -4.65. The maximum atomic E-state index is 13.6. The molecule has 0 spiro atoms. The van der Waals surface area contributed by atoms with Crippen molar-refractivity contribution in [2.45, 2.75) is 38.2 Å². The van der Waals surface area contributed by atoms with Gasteiger partial charge in [-0.05, 0) is 30.5 Å². The third kappa shape index (κ3) is 6.43. The number of thiazole rings is 1. The molecule has 1 aliphatic heterocycles. The molecule has 1 atom stereocenters. The highest BCUT2D eigenvalue weighted by molar-refractivity contribution is 7.18. The Morgan fingerprint density at radius 2 is 1.88 bits per heavy atom. The van der Waals surface area contributed by atoms with E-state index in [1.807, 2.05) is 30.3 Å². The van der Waals surface area contributed by atoms with Gasteiger partial charge in [-0.15, -0.1) is 0 Å². The van der Waals surface area contributed by atoms with E-state index in [1.54, 1.807) is 23.1 Å². The Morgan fingerprint density at radius 3 is 2.60 bits per heavy atom. The maximum Gasteiger partial charge on any atom is 0.422 e. The van der Waals surface area contributed by atoms with Crippen molar-refractivity contribution in [1.82, 2.24) is 19.4 Å². The second-order valence-electron chi connectivity index (χ2n) is 9.46. The fourth-order valence-electron chi connectivity index (χ4n) is 4.64. The molecule has 0 N–H and O–H groups in total. The van der Waals surface area contributed by atoms with Crippen molar-refractivity contribution in [3.8, 4) is 17.5 Å². The Kier molecular flexibility index (Phi) is 8.52. The van der Waals surface area contributed by atoms with E-state index >= 15 is 0 Å². The summed E-state index contributed by atoms with van der Waals surface area (Å²) in [5.41, 5.74) is 0.600. The molecule has 0 aliphatic carbocycles. The molecule has 42 heavy (non-hydrogen) atoms. The van der Waals surface area contributed by atoms with Gasteiger partial charge in [0.25, 0.3) is 5.56 Å². The Morgan fingerprint density at radius 1 is 1.10 bits per heavy atom. The van der Waals surface area contributed by atoms with E-state index in [-0.39, 0.29) is 23.5 Å². The molecule has 14 heteroatoms. The fraction of sp³-hybridized carbons (Fsp3) is 0.357. The molecule has 1 saturated heterocycles. The number of methoxy groups -OCH3 is 2. The first-order chi connectivity index (χ1) is 20.2. The van der Waals surface area contributed by atoms with Crippen LogP contribution in [0.2, 0.25) is 0 Å². The number of hydrogen-bond acceptors (Lipinski definition) is 9. The summed E-state index contributed by atoms with van der Waals surface area (Å²) in [6, 6.07) is 13.1. The van der Waals surface area contributed by atoms with E-state index in [0.29, 0.717) is 41.5 Å². The zero-order chi connectivity index (χ0) is 29.9. The molecule has 2 aromatic carbocycles. The minimum Gasteiger partial charge on any atom is -0.497 e. The summed E-state index contributed by atoms with van der Waals surface area (Å²) < 4.78 is 61.3. The number of halogens is 3. The van der Waals surface area contributed by atoms with Crippen molar-refractivity contribution in [3.63, 3.8) is 0 Å². The van der Waals surface area contributed by atoms with Gasteiger partial charge in [0.2, 0.25) is 0 Å². The number of benzene rings is 2. The Bertz CT molecular complexity index is 1630. The van der Waals surface area contributed by atoms with Crippen LogP contribution in [0.4, 0.5) is 18.0 Å². The molecule has 0 saturated carbocycles. The van der Waals surface area contributed by atoms with Gasteiger partial charge in [0, 0.05) is 18.2 Å². The quantitative estimate of drug-likeness (QED) is 0.253. The second-order valence-corrected chi connectivity index (χ2v) is 10.5. The van der Waals surface area contributed by atoms with Crippen LogP contribution in [0, 0.1) is 0 Å². The Hall–Kier alpha value is -4.33. The molecule has 4 aromatic rings. The number of hydrogen-bond donors (Lipinski definition) is 0. The third-order valence-electron chi connectivity index (χ3n) is 6.67. The average molecular weight is 605 g/mol. The van der Waals surface area contributed by atoms with Gasteiger partial charge in [0.15, 0.2) is 17.0 Å². The first kappa shape index (κ1) is 29.2. The lowest BCUT2D eigenvalue weighted by Crippen LogP contribution is -2.31. The zero-order valence-electron chi connectivity index (χ0n) is 22.7. The molecule has 3 heterocycles. The average Bonchev–Trinajstić information content (AvgIpc) is 3.64. The number of aromatic nitrogens is 3. The van der Waals surface area contributed by atoms with Gasteiger partial charge in [-0.1, -0.05) is 41.7 Å². The van der Waals surface area contributed by atoms with E-state index in [1.165, 1.54) is 14.2 Å². The van der Waals surface area contributed by atoms with Gasteiger partial charge in [-0.25, -0.2) is 9.78 Å². The SMILES string of the molecule is COc1ccc(Cn2c(OCC(F)(F)F)nc3sc(C4CCCN4C(=O)OCc4ccccc4)nc3c2=O)c(OC)c1. The number of carbonyl (C=O) groups is 1. The molecule has 1 unspecified atom stereocenters. The summed E-state index contributed by atoms with van der Waals surface area (Å²) in [7, 11) is 2.91. The highest BCUT2D eigenvalue weighted by Crippen LogP contribution is 2.36. The van der Waals surface area contributed by atoms with Crippen LogP contribution in [-0.2, 0) is 17.9 Å². The molecular formula is C28H27F3N4O6S. The van der Waals surface area contributed by atoms with Gasteiger partial charge in [-0.3, -0.25) is 14.3 Å². The second kappa shape index (κ2) is 12.3. The van der Waals surface area contributed by atoms with Crippen molar-refractivity contribution in [1.29, 1.82) is 0 Å². The van der Waals surface area contributed by atoms with Gasteiger partial charge >= 0.3 is 18.3 Å². The minimum absolute atomic E-state index is 0.0358. The summed E-state index contributed by atoms with van der Waals surface area (Å²) >= 11 is 1.03. The summed E-state index contributed by atoms with van der Waals surface area (Å²) in [6.45, 7) is -1.30. The summed E-state index contributed by atoms with van der Waals surface area (Å²) in [5.74, 6) is 0.857. The summed E-state index contributed by atoms with van der Waals surface area (Å²) in [4.78, 5) is 37.0. The van der Waals surface area contributed by atoms with Gasteiger partial charge in [0.05, 0.1) is 26.8 Å². The molecular weight excluding hydrogens is 577 g/mol. The van der Waals surface area contributed by atoms with E-state index < -0.39 is 36.5 Å². The molecule has 0 radical (unpaired) electrons. The standard InChI is InChI=1S/C28H27F3N4O6S/c1-38-19-11-10-18(21(13-19)39-2)14-35-25(36)22-24(33-26(35)41-16-28(29,30)31)42-23(32-22)20-9-6-12-34(20)27(37)40-15-17-7-4-3-5-8-17/h3-5,7-8,10-11,13,20H,6,9,12,14-16H2,1-2H3. The highest BCUT2D eigenvalue weighted by atomic mass is 32.1. The number of carbonyl (C=O) groups excluding carboxylic acids is 1. The number of nitrogens with zero attached hydrogens (tertiary/aromatic N) is 4. The highest BCUT2D eigenvalue weighted by Gasteiger charge is 2.35. The lowest BCUT2D eigenvalue weighted by atomic mass is 10.2. The van der Waals surface area contributed by atoms with Crippen LogP contribution in [0.3, 0.4) is 0 Å². The molecule has 1 amide bonds. The lowest BCUT2D eigenvalue weighted by Gasteiger charge is -2.22. The van der Waals surface area contributed by atoms with E-state index in [2.05, 4.69) is 9.97 Å². The third-order valence-corrected chi connectivity index (χ3v) is 7.72.